The van der Waals surface area contributed by atoms with Crippen molar-refractivity contribution in [1.29, 1.82) is 0 Å². The predicted molar refractivity (Wildman–Crippen MR) is 79.5 cm³/mol. The number of ether oxygens (including phenoxy) is 1. The van der Waals surface area contributed by atoms with Crippen LogP contribution in [0.3, 0.4) is 0 Å². The molecule has 0 aliphatic heterocycles. The highest BCUT2D eigenvalue weighted by Gasteiger charge is 2.12. The van der Waals surface area contributed by atoms with Crippen molar-refractivity contribution in [3.8, 4) is 17.3 Å². The summed E-state index contributed by atoms with van der Waals surface area (Å²) >= 11 is 5.93. The number of aromatic nitrogens is 3. The van der Waals surface area contributed by atoms with Gasteiger partial charge in [0.2, 0.25) is 5.88 Å². The molecule has 8 heteroatoms. The van der Waals surface area contributed by atoms with Gasteiger partial charge in [-0.1, -0.05) is 11.6 Å². The van der Waals surface area contributed by atoms with Crippen LogP contribution in [0.25, 0.3) is 5.69 Å². The standard InChI is InChI=1S/C14H9ClN4O3/c15-13-8-11(19(20)21)9-16-14(13)22-12-4-2-10(3-5-12)18-7-1-6-17-18/h1-9H. The molecular weight excluding hydrogens is 308 g/mol. The molecule has 0 unspecified atom stereocenters. The number of rotatable bonds is 4. The highest BCUT2D eigenvalue weighted by atomic mass is 35.5. The van der Waals surface area contributed by atoms with Crippen LogP contribution in [0.2, 0.25) is 5.02 Å². The van der Waals surface area contributed by atoms with Crippen LogP contribution in [-0.4, -0.2) is 19.7 Å². The summed E-state index contributed by atoms with van der Waals surface area (Å²) in [6.07, 6.45) is 4.61. The fraction of sp³-hybridized carbons (Fsp3) is 0. The Hall–Kier alpha value is -2.93. The zero-order chi connectivity index (χ0) is 15.5. The number of nitro groups is 1. The SMILES string of the molecule is O=[N+]([O-])c1cnc(Oc2ccc(-n3cccn3)cc2)c(Cl)c1. The molecule has 110 valence electrons. The van der Waals surface area contributed by atoms with E-state index in [0.29, 0.717) is 5.75 Å². The maximum atomic E-state index is 10.6. The van der Waals surface area contributed by atoms with E-state index in [0.717, 1.165) is 11.9 Å². The largest absolute Gasteiger partial charge is 0.438 e. The minimum Gasteiger partial charge on any atom is -0.438 e. The van der Waals surface area contributed by atoms with E-state index in [4.69, 9.17) is 16.3 Å². The van der Waals surface area contributed by atoms with Gasteiger partial charge in [0.25, 0.3) is 5.69 Å². The zero-order valence-electron chi connectivity index (χ0n) is 11.1. The number of hydrogen-bond donors (Lipinski definition) is 0. The minimum atomic E-state index is -0.568. The van der Waals surface area contributed by atoms with Gasteiger partial charge >= 0.3 is 0 Å². The first-order valence-corrected chi connectivity index (χ1v) is 6.59. The van der Waals surface area contributed by atoms with Crippen LogP contribution < -0.4 is 4.74 Å². The third kappa shape index (κ3) is 2.89. The summed E-state index contributed by atoms with van der Waals surface area (Å²) in [5, 5.41) is 14.8. The summed E-state index contributed by atoms with van der Waals surface area (Å²) in [6, 6.07) is 10.1. The topological polar surface area (TPSA) is 83.1 Å². The van der Waals surface area contributed by atoms with Crippen molar-refractivity contribution in [2.45, 2.75) is 0 Å². The van der Waals surface area contributed by atoms with Crippen LogP contribution in [0.5, 0.6) is 11.6 Å². The van der Waals surface area contributed by atoms with Gasteiger partial charge in [0, 0.05) is 18.5 Å². The lowest BCUT2D eigenvalue weighted by Gasteiger charge is -2.07. The monoisotopic (exact) mass is 316 g/mol. The van der Waals surface area contributed by atoms with Crippen molar-refractivity contribution < 1.29 is 9.66 Å². The van der Waals surface area contributed by atoms with Gasteiger partial charge in [0.15, 0.2) is 0 Å². The fourth-order valence-corrected chi connectivity index (χ4v) is 1.99. The zero-order valence-corrected chi connectivity index (χ0v) is 11.8. The van der Waals surface area contributed by atoms with E-state index in [9.17, 15) is 10.1 Å². The van der Waals surface area contributed by atoms with Crippen LogP contribution >= 0.6 is 11.6 Å². The van der Waals surface area contributed by atoms with Crippen molar-refractivity contribution in [3.05, 3.63) is 70.1 Å². The first-order chi connectivity index (χ1) is 10.6. The van der Waals surface area contributed by atoms with Gasteiger partial charge in [-0.3, -0.25) is 10.1 Å². The van der Waals surface area contributed by atoms with Crippen molar-refractivity contribution >= 4 is 17.3 Å². The molecule has 0 N–H and O–H groups in total. The maximum absolute atomic E-state index is 10.6. The molecule has 22 heavy (non-hydrogen) atoms. The van der Waals surface area contributed by atoms with Crippen molar-refractivity contribution in [2.75, 3.05) is 0 Å². The fourth-order valence-electron chi connectivity index (χ4n) is 1.79. The second-order valence-corrected chi connectivity index (χ2v) is 4.69. The molecule has 0 amide bonds. The molecule has 0 fully saturated rings. The second-order valence-electron chi connectivity index (χ2n) is 4.28. The van der Waals surface area contributed by atoms with E-state index in [1.54, 1.807) is 23.0 Å². The molecule has 7 nitrogen and oxygen atoms in total. The summed E-state index contributed by atoms with van der Waals surface area (Å²) in [6.45, 7) is 0. The van der Waals surface area contributed by atoms with Crippen LogP contribution in [0, 0.1) is 10.1 Å². The Balaban J connectivity index is 1.80. The van der Waals surface area contributed by atoms with E-state index in [2.05, 4.69) is 10.1 Å². The van der Waals surface area contributed by atoms with Crippen molar-refractivity contribution in [2.24, 2.45) is 0 Å². The Bertz CT molecular complexity index is 803. The van der Waals surface area contributed by atoms with Gasteiger partial charge in [-0.15, -0.1) is 0 Å². The molecular formula is C14H9ClN4O3. The smallest absolute Gasteiger partial charge is 0.289 e. The summed E-state index contributed by atoms with van der Waals surface area (Å²) in [5.74, 6) is 0.623. The van der Waals surface area contributed by atoms with Gasteiger partial charge in [0.05, 0.1) is 10.6 Å². The van der Waals surface area contributed by atoms with Gasteiger partial charge in [-0.2, -0.15) is 5.10 Å². The van der Waals surface area contributed by atoms with Gasteiger partial charge < -0.3 is 4.74 Å². The van der Waals surface area contributed by atoms with Crippen LogP contribution in [-0.2, 0) is 0 Å². The minimum absolute atomic E-state index is 0.0744. The Morgan fingerprint density at radius 3 is 2.64 bits per heavy atom. The number of hydrogen-bond acceptors (Lipinski definition) is 5. The number of nitrogens with zero attached hydrogens (tertiary/aromatic N) is 4. The Morgan fingerprint density at radius 1 is 1.27 bits per heavy atom. The second kappa shape index (κ2) is 5.82. The molecule has 0 bridgehead atoms. The highest BCUT2D eigenvalue weighted by molar-refractivity contribution is 6.32. The van der Waals surface area contributed by atoms with Gasteiger partial charge in [-0.25, -0.2) is 9.67 Å². The summed E-state index contributed by atoms with van der Waals surface area (Å²) in [7, 11) is 0. The van der Waals surface area contributed by atoms with Crippen molar-refractivity contribution in [3.63, 3.8) is 0 Å². The average Bonchev–Trinajstić information content (AvgIpc) is 3.04. The Morgan fingerprint density at radius 2 is 2.05 bits per heavy atom. The summed E-state index contributed by atoms with van der Waals surface area (Å²) in [5.41, 5.74) is 0.687. The van der Waals surface area contributed by atoms with Crippen molar-refractivity contribution in [1.82, 2.24) is 14.8 Å². The van der Waals surface area contributed by atoms with E-state index < -0.39 is 4.92 Å². The molecule has 2 heterocycles. The lowest BCUT2D eigenvalue weighted by Crippen LogP contribution is -1.95. The average molecular weight is 317 g/mol. The lowest BCUT2D eigenvalue weighted by atomic mass is 10.3. The van der Waals surface area contributed by atoms with Gasteiger partial charge in [-0.05, 0) is 30.3 Å². The maximum Gasteiger partial charge on any atom is 0.289 e. The first-order valence-electron chi connectivity index (χ1n) is 6.21. The molecule has 1 aromatic carbocycles. The molecule has 0 radical (unpaired) electrons. The third-order valence-electron chi connectivity index (χ3n) is 2.82. The van der Waals surface area contributed by atoms with E-state index in [1.165, 1.54) is 6.07 Å². The first kappa shape index (κ1) is 14.0. The lowest BCUT2D eigenvalue weighted by molar-refractivity contribution is -0.385. The van der Waals surface area contributed by atoms with Crippen LogP contribution in [0.15, 0.2) is 55.0 Å². The third-order valence-corrected chi connectivity index (χ3v) is 3.09. The quantitative estimate of drug-likeness (QED) is 0.542. The normalized spacial score (nSPS) is 10.4. The van der Waals surface area contributed by atoms with E-state index in [1.807, 2.05) is 24.4 Å². The molecule has 0 saturated carbocycles. The molecule has 2 aromatic heterocycles. The summed E-state index contributed by atoms with van der Waals surface area (Å²) in [4.78, 5) is 13.9. The van der Waals surface area contributed by atoms with E-state index >= 15 is 0 Å². The Kier molecular flexibility index (Phi) is 3.71. The summed E-state index contributed by atoms with van der Waals surface area (Å²) < 4.78 is 7.23. The molecule has 0 saturated heterocycles. The molecule has 3 rings (SSSR count). The van der Waals surface area contributed by atoms with Gasteiger partial charge in [0.1, 0.15) is 17.0 Å². The van der Waals surface area contributed by atoms with Crippen LogP contribution in [0.4, 0.5) is 5.69 Å². The molecule has 3 aromatic rings. The highest BCUT2D eigenvalue weighted by Crippen LogP contribution is 2.30. The molecule has 0 atom stereocenters. The number of halogens is 1. The number of benzene rings is 1. The number of pyridine rings is 1. The molecule has 0 aliphatic carbocycles. The predicted octanol–water partition coefficient (Wildman–Crippen LogP) is 3.62. The van der Waals surface area contributed by atoms with E-state index in [-0.39, 0.29) is 16.6 Å². The molecule has 0 aliphatic rings. The Labute approximate surface area is 129 Å². The van der Waals surface area contributed by atoms with Crippen LogP contribution in [0.1, 0.15) is 0 Å². The molecule has 0 spiro atoms.